The molecule has 0 spiro atoms. The lowest BCUT2D eigenvalue weighted by atomic mass is 9.52. The molecule has 2 unspecified atom stereocenters. The Balaban J connectivity index is 1.82. The molecule has 2 atom stereocenters. The highest BCUT2D eigenvalue weighted by molar-refractivity contribution is 5.74. The van der Waals surface area contributed by atoms with Crippen molar-refractivity contribution in [3.63, 3.8) is 0 Å². The van der Waals surface area contributed by atoms with Crippen LogP contribution in [0.2, 0.25) is 0 Å². The molecule has 0 aromatic carbocycles. The van der Waals surface area contributed by atoms with E-state index >= 15 is 0 Å². The summed E-state index contributed by atoms with van der Waals surface area (Å²) in [5.74, 6) is 0.877. The molecule has 0 aromatic heterocycles. The van der Waals surface area contributed by atoms with Crippen molar-refractivity contribution in [1.82, 2.24) is 0 Å². The Bertz CT molecular complexity index is 466. The topological polar surface area (TPSA) is 46.5 Å². The summed E-state index contributed by atoms with van der Waals surface area (Å²) in [4.78, 5) is 13.1. The van der Waals surface area contributed by atoms with Gasteiger partial charge in [-0.2, -0.15) is 0 Å². The van der Waals surface area contributed by atoms with E-state index in [1.54, 1.807) is 0 Å². The van der Waals surface area contributed by atoms with Crippen LogP contribution in [0.15, 0.2) is 0 Å². The zero-order valence-corrected chi connectivity index (χ0v) is 15.7. The molecule has 0 aliphatic heterocycles. The lowest BCUT2D eigenvalue weighted by Gasteiger charge is -2.59. The Morgan fingerprint density at radius 3 is 1.87 bits per heavy atom. The van der Waals surface area contributed by atoms with Gasteiger partial charge in [-0.05, 0) is 54.8 Å². The highest BCUT2D eigenvalue weighted by atomic mass is 16.6. The number of ether oxygens (including phenoxy) is 1. The summed E-state index contributed by atoms with van der Waals surface area (Å²) in [5.41, 5.74) is -1.24. The van der Waals surface area contributed by atoms with Crippen LogP contribution >= 0.6 is 0 Å². The largest absolute Gasteiger partial charge is 0.459 e. The number of hydrogen-bond donors (Lipinski definition) is 1. The fourth-order valence-corrected chi connectivity index (χ4v) is 6.53. The first-order valence-electron chi connectivity index (χ1n) is 9.27. The molecule has 0 radical (unpaired) electrons. The van der Waals surface area contributed by atoms with Crippen LogP contribution in [0.4, 0.5) is 0 Å². The van der Waals surface area contributed by atoms with Gasteiger partial charge in [0.2, 0.25) is 0 Å². The molecule has 3 heteroatoms. The third kappa shape index (κ3) is 3.18. The van der Waals surface area contributed by atoms with E-state index in [2.05, 4.69) is 41.5 Å². The first-order chi connectivity index (χ1) is 10.3. The summed E-state index contributed by atoms with van der Waals surface area (Å²) in [6.45, 7) is 12.7. The molecule has 4 aliphatic carbocycles. The fourth-order valence-electron chi connectivity index (χ4n) is 6.53. The van der Waals surface area contributed by atoms with Crippen molar-refractivity contribution in [2.45, 2.75) is 91.3 Å². The first-order valence-corrected chi connectivity index (χ1v) is 9.27. The van der Waals surface area contributed by atoms with Gasteiger partial charge in [-0.15, -0.1) is 0 Å². The highest BCUT2D eigenvalue weighted by Gasteiger charge is 2.60. The first kappa shape index (κ1) is 17.3. The number of hydrogen-bond acceptors (Lipinski definition) is 3. The average molecular weight is 322 g/mol. The Kier molecular flexibility index (Phi) is 3.73. The van der Waals surface area contributed by atoms with Crippen molar-refractivity contribution in [2.75, 3.05) is 0 Å². The Morgan fingerprint density at radius 2 is 1.48 bits per heavy atom. The van der Waals surface area contributed by atoms with E-state index in [4.69, 9.17) is 4.74 Å². The van der Waals surface area contributed by atoms with Crippen LogP contribution in [-0.4, -0.2) is 22.3 Å². The van der Waals surface area contributed by atoms with Crippen LogP contribution in [0.5, 0.6) is 0 Å². The summed E-state index contributed by atoms with van der Waals surface area (Å²) in [5, 5.41) is 10.8. The molecular weight excluding hydrogens is 288 g/mol. The molecule has 4 saturated carbocycles. The summed E-state index contributed by atoms with van der Waals surface area (Å²) in [7, 11) is 0. The molecule has 23 heavy (non-hydrogen) atoms. The predicted octanol–water partition coefficient (Wildman–Crippen LogP) is 4.32. The Labute approximate surface area is 141 Å². The van der Waals surface area contributed by atoms with E-state index < -0.39 is 11.2 Å². The van der Waals surface area contributed by atoms with E-state index in [1.807, 2.05) is 0 Å². The van der Waals surface area contributed by atoms with Gasteiger partial charge < -0.3 is 9.84 Å². The second-order valence-electron chi connectivity index (χ2n) is 11.0. The molecule has 0 amide bonds. The van der Waals surface area contributed by atoms with Crippen molar-refractivity contribution in [2.24, 2.45) is 28.6 Å². The van der Waals surface area contributed by atoms with Gasteiger partial charge in [0.1, 0.15) is 5.60 Å². The zero-order chi connectivity index (χ0) is 17.3. The van der Waals surface area contributed by atoms with Gasteiger partial charge in [0.15, 0.2) is 0 Å². The molecule has 4 bridgehead atoms. The minimum atomic E-state index is -0.580. The standard InChI is InChI=1S/C20H34O3/c1-17(2,3)15(18(4,5)6)16(21)23-20-10-13-7-14(11-20)9-19(22,8-13)12-20/h13-15,22H,7-12H2,1-6H3. The minimum Gasteiger partial charge on any atom is -0.459 e. The van der Waals surface area contributed by atoms with Crippen molar-refractivity contribution in [3.8, 4) is 0 Å². The third-order valence-electron chi connectivity index (χ3n) is 6.26. The maximum absolute atomic E-state index is 13.1. The van der Waals surface area contributed by atoms with E-state index in [0.717, 1.165) is 25.7 Å². The number of aliphatic hydroxyl groups is 1. The second kappa shape index (κ2) is 4.97. The summed E-state index contributed by atoms with van der Waals surface area (Å²) in [6, 6.07) is 0. The van der Waals surface area contributed by atoms with Crippen molar-refractivity contribution in [1.29, 1.82) is 0 Å². The quantitative estimate of drug-likeness (QED) is 0.770. The second-order valence-corrected chi connectivity index (χ2v) is 11.0. The molecule has 4 fully saturated rings. The average Bonchev–Trinajstić information content (AvgIpc) is 2.18. The van der Waals surface area contributed by atoms with Gasteiger partial charge in [0.25, 0.3) is 0 Å². The van der Waals surface area contributed by atoms with Crippen LogP contribution < -0.4 is 0 Å². The normalized spacial score (nSPS) is 39.8. The summed E-state index contributed by atoms with van der Waals surface area (Å²) < 4.78 is 6.23. The lowest BCUT2D eigenvalue weighted by Crippen LogP contribution is -2.61. The van der Waals surface area contributed by atoms with E-state index in [0.29, 0.717) is 18.3 Å². The SMILES string of the molecule is CC(C)(C)C(C(=O)OC12CC3CC(CC(O)(C3)C1)C2)C(C)(C)C. The Hall–Kier alpha value is -0.570. The van der Waals surface area contributed by atoms with Crippen LogP contribution in [-0.2, 0) is 9.53 Å². The molecule has 0 saturated heterocycles. The predicted molar refractivity (Wildman–Crippen MR) is 90.9 cm³/mol. The van der Waals surface area contributed by atoms with Gasteiger partial charge in [-0.25, -0.2) is 0 Å². The van der Waals surface area contributed by atoms with Gasteiger partial charge >= 0.3 is 5.97 Å². The number of rotatable bonds is 2. The molecule has 4 aliphatic rings. The van der Waals surface area contributed by atoms with Crippen LogP contribution in [0.3, 0.4) is 0 Å². The van der Waals surface area contributed by atoms with Crippen LogP contribution in [0.25, 0.3) is 0 Å². The van der Waals surface area contributed by atoms with E-state index in [9.17, 15) is 9.90 Å². The molecule has 3 nitrogen and oxygen atoms in total. The molecular formula is C20H34O3. The van der Waals surface area contributed by atoms with Gasteiger partial charge in [0.05, 0.1) is 11.5 Å². The molecule has 1 N–H and O–H groups in total. The Morgan fingerprint density at radius 1 is 1.00 bits per heavy atom. The summed E-state index contributed by atoms with van der Waals surface area (Å²) in [6.07, 6.45) is 5.59. The number of carbonyl (C=O) groups is 1. The van der Waals surface area contributed by atoms with Gasteiger partial charge in [-0.1, -0.05) is 41.5 Å². The van der Waals surface area contributed by atoms with E-state index in [-0.39, 0.29) is 22.7 Å². The summed E-state index contributed by atoms with van der Waals surface area (Å²) >= 11 is 0. The third-order valence-corrected chi connectivity index (χ3v) is 6.26. The van der Waals surface area contributed by atoms with Gasteiger partial charge in [-0.3, -0.25) is 4.79 Å². The number of esters is 1. The minimum absolute atomic E-state index is 0.0597. The van der Waals surface area contributed by atoms with Gasteiger partial charge in [0, 0.05) is 6.42 Å². The molecule has 4 rings (SSSR count). The highest BCUT2D eigenvalue weighted by Crippen LogP contribution is 2.59. The van der Waals surface area contributed by atoms with Crippen LogP contribution in [0.1, 0.15) is 80.1 Å². The molecule has 0 aromatic rings. The maximum Gasteiger partial charge on any atom is 0.310 e. The molecule has 0 heterocycles. The fraction of sp³-hybridized carbons (Fsp3) is 0.950. The zero-order valence-electron chi connectivity index (χ0n) is 15.7. The van der Waals surface area contributed by atoms with Crippen molar-refractivity contribution >= 4 is 5.97 Å². The smallest absolute Gasteiger partial charge is 0.310 e. The maximum atomic E-state index is 13.1. The van der Waals surface area contributed by atoms with Crippen molar-refractivity contribution < 1.29 is 14.6 Å². The number of carbonyl (C=O) groups excluding carboxylic acids is 1. The molecule has 132 valence electrons. The monoisotopic (exact) mass is 322 g/mol. The van der Waals surface area contributed by atoms with Crippen molar-refractivity contribution in [3.05, 3.63) is 0 Å². The van der Waals surface area contributed by atoms with E-state index in [1.165, 1.54) is 6.42 Å². The van der Waals surface area contributed by atoms with Crippen LogP contribution in [0, 0.1) is 28.6 Å². The lowest BCUT2D eigenvalue weighted by molar-refractivity contribution is -0.226.